The van der Waals surface area contributed by atoms with E-state index >= 15 is 0 Å². The summed E-state index contributed by atoms with van der Waals surface area (Å²) in [4.78, 5) is 2.52. The van der Waals surface area contributed by atoms with Gasteiger partial charge in [-0.05, 0) is 43.0 Å². The topological polar surface area (TPSA) is 23.5 Å². The second-order valence-corrected chi connectivity index (χ2v) is 6.74. The van der Waals surface area contributed by atoms with Crippen LogP contribution in [0, 0.1) is 11.8 Å². The van der Waals surface area contributed by atoms with Crippen LogP contribution in [0.5, 0.6) is 0 Å². The molecule has 5 rings (SSSR count). The highest BCUT2D eigenvalue weighted by Gasteiger charge is 2.48. The molecule has 122 valence electrons. The summed E-state index contributed by atoms with van der Waals surface area (Å²) in [5.41, 5.74) is 1.17. The number of nitrogens with zero attached hydrogens (tertiary/aromatic N) is 1. The van der Waals surface area contributed by atoms with E-state index in [9.17, 15) is 5.11 Å². The molecule has 1 N–H and O–H groups in total. The quantitative estimate of drug-likeness (QED) is 0.880. The molecule has 2 nitrogen and oxygen atoms in total. The number of hydrogen-bond donors (Lipinski definition) is 1. The van der Waals surface area contributed by atoms with Crippen LogP contribution in [0.25, 0.3) is 0 Å². The molecule has 2 aromatic carbocycles. The van der Waals surface area contributed by atoms with Gasteiger partial charge in [0.1, 0.15) is 5.60 Å². The highest BCUT2D eigenvalue weighted by Crippen LogP contribution is 2.46. The Hall–Kier alpha value is -1.35. The lowest BCUT2D eigenvalue weighted by Gasteiger charge is -2.51. The van der Waals surface area contributed by atoms with Gasteiger partial charge in [-0.3, -0.25) is 0 Å². The molecular weight excluding hydrogens is 306 g/mol. The summed E-state index contributed by atoms with van der Waals surface area (Å²) in [6.07, 6.45) is 2.43. The minimum atomic E-state index is -0.883. The van der Waals surface area contributed by atoms with Crippen LogP contribution in [0.15, 0.2) is 60.7 Å². The zero-order valence-corrected chi connectivity index (χ0v) is 14.0. The molecule has 2 aromatic rings. The fraction of sp³-hybridized carbons (Fsp3) is 0.400. The van der Waals surface area contributed by atoms with Crippen LogP contribution in [0.1, 0.15) is 25.4 Å². The Kier molecular flexibility index (Phi) is 4.77. The zero-order chi connectivity index (χ0) is 15.0. The molecule has 3 heterocycles. The van der Waals surface area contributed by atoms with Crippen molar-refractivity contribution in [3.63, 3.8) is 0 Å². The number of benzene rings is 2. The summed E-state index contributed by atoms with van der Waals surface area (Å²) in [5, 5.41) is 11.9. The third-order valence-corrected chi connectivity index (χ3v) is 5.62. The minimum Gasteiger partial charge on any atom is -1.00 e. The van der Waals surface area contributed by atoms with Crippen molar-refractivity contribution in [3.8, 4) is 0 Å². The SMILES string of the molecule is OC(c1ccccc1)(c1ccccc1)C1CN2CCC1CC2.[Cl-].[H+]. The van der Waals surface area contributed by atoms with Gasteiger partial charge in [0.2, 0.25) is 0 Å². The van der Waals surface area contributed by atoms with Crippen molar-refractivity contribution in [2.75, 3.05) is 19.6 Å². The van der Waals surface area contributed by atoms with E-state index in [4.69, 9.17) is 0 Å². The normalized spacial score (nSPS) is 26.6. The van der Waals surface area contributed by atoms with E-state index in [1.807, 2.05) is 36.4 Å². The Balaban J connectivity index is 0.00000104. The molecule has 2 bridgehead atoms. The maximum atomic E-state index is 11.9. The van der Waals surface area contributed by atoms with Gasteiger partial charge in [0.25, 0.3) is 0 Å². The third kappa shape index (κ3) is 2.80. The highest BCUT2D eigenvalue weighted by molar-refractivity contribution is 5.37. The van der Waals surface area contributed by atoms with E-state index in [-0.39, 0.29) is 19.8 Å². The summed E-state index contributed by atoms with van der Waals surface area (Å²) >= 11 is 0. The lowest BCUT2D eigenvalue weighted by Crippen LogP contribution is -3.00. The molecule has 3 heteroatoms. The second kappa shape index (κ2) is 6.64. The number of piperidine rings is 3. The Morgan fingerprint density at radius 1 is 0.870 bits per heavy atom. The summed E-state index contributed by atoms with van der Waals surface area (Å²) in [6.45, 7) is 3.40. The van der Waals surface area contributed by atoms with E-state index < -0.39 is 5.60 Å². The lowest BCUT2D eigenvalue weighted by molar-refractivity contribution is -0.0764. The first-order valence-electron chi connectivity index (χ1n) is 8.34. The van der Waals surface area contributed by atoms with Crippen molar-refractivity contribution >= 4 is 0 Å². The molecule has 3 aliphatic heterocycles. The molecule has 3 fully saturated rings. The minimum absolute atomic E-state index is 0. The van der Waals surface area contributed by atoms with Gasteiger partial charge in [-0.1, -0.05) is 60.7 Å². The van der Waals surface area contributed by atoms with Crippen molar-refractivity contribution in [2.45, 2.75) is 18.4 Å². The fourth-order valence-corrected chi connectivity index (χ4v) is 4.42. The molecule has 0 amide bonds. The van der Waals surface area contributed by atoms with Crippen LogP contribution in [0.3, 0.4) is 0 Å². The van der Waals surface area contributed by atoms with E-state index in [0.29, 0.717) is 5.92 Å². The largest absolute Gasteiger partial charge is 1.00 e. The van der Waals surface area contributed by atoms with Crippen molar-refractivity contribution in [2.24, 2.45) is 11.8 Å². The molecule has 0 spiro atoms. The van der Waals surface area contributed by atoms with Crippen LogP contribution >= 0.6 is 0 Å². The third-order valence-electron chi connectivity index (χ3n) is 5.62. The van der Waals surface area contributed by atoms with E-state index in [0.717, 1.165) is 17.7 Å². The number of aliphatic hydroxyl groups is 1. The van der Waals surface area contributed by atoms with E-state index in [2.05, 4.69) is 29.2 Å². The van der Waals surface area contributed by atoms with Gasteiger partial charge < -0.3 is 22.4 Å². The molecular formula is C20H24ClNO. The predicted octanol–water partition coefficient (Wildman–Crippen LogP) is 0.381. The van der Waals surface area contributed by atoms with Crippen molar-refractivity contribution < 1.29 is 18.9 Å². The number of hydrogen-bond acceptors (Lipinski definition) is 2. The average molecular weight is 330 g/mol. The van der Waals surface area contributed by atoms with Gasteiger partial charge in [0.05, 0.1) is 0 Å². The summed E-state index contributed by atoms with van der Waals surface area (Å²) in [6, 6.07) is 20.5. The van der Waals surface area contributed by atoms with E-state index in [1.165, 1.54) is 25.9 Å². The number of rotatable bonds is 3. The summed E-state index contributed by atoms with van der Waals surface area (Å²) < 4.78 is 0. The summed E-state index contributed by atoms with van der Waals surface area (Å²) in [5.74, 6) is 0.898. The van der Waals surface area contributed by atoms with Crippen LogP contribution in [0.4, 0.5) is 0 Å². The maximum absolute atomic E-state index is 11.9. The Morgan fingerprint density at radius 3 is 1.74 bits per heavy atom. The molecule has 0 radical (unpaired) electrons. The first-order chi connectivity index (χ1) is 10.8. The van der Waals surface area contributed by atoms with Crippen LogP contribution in [-0.2, 0) is 5.60 Å². The first kappa shape index (κ1) is 16.5. The maximum Gasteiger partial charge on any atom is 1.00 e. The molecule has 1 atom stereocenters. The van der Waals surface area contributed by atoms with Crippen LogP contribution in [-0.4, -0.2) is 29.6 Å². The van der Waals surface area contributed by atoms with Crippen molar-refractivity contribution in [1.29, 1.82) is 0 Å². The smallest absolute Gasteiger partial charge is 1.00 e. The molecule has 0 aromatic heterocycles. The Bertz CT molecular complexity index is 589. The van der Waals surface area contributed by atoms with E-state index in [1.54, 1.807) is 0 Å². The Morgan fingerprint density at radius 2 is 1.35 bits per heavy atom. The molecule has 23 heavy (non-hydrogen) atoms. The lowest BCUT2D eigenvalue weighted by atomic mass is 9.65. The van der Waals surface area contributed by atoms with Crippen LogP contribution in [0.2, 0.25) is 0 Å². The highest BCUT2D eigenvalue weighted by atomic mass is 35.5. The molecule has 0 aliphatic carbocycles. The monoisotopic (exact) mass is 329 g/mol. The molecule has 3 aliphatic rings. The van der Waals surface area contributed by atoms with Crippen molar-refractivity contribution in [1.82, 2.24) is 4.90 Å². The molecule has 0 saturated carbocycles. The van der Waals surface area contributed by atoms with Gasteiger partial charge >= 0.3 is 1.43 Å². The molecule has 1 unspecified atom stereocenters. The fourth-order valence-electron chi connectivity index (χ4n) is 4.42. The number of fused-ring (bicyclic) bond motifs is 3. The van der Waals surface area contributed by atoms with Gasteiger partial charge in [-0.15, -0.1) is 0 Å². The van der Waals surface area contributed by atoms with Gasteiger partial charge in [-0.2, -0.15) is 0 Å². The standard InChI is InChI=1S/C20H23NO.ClH/c22-20(17-7-3-1-4-8-17,18-9-5-2-6-10-18)19-15-21-13-11-16(19)12-14-21;/h1-10,16,19,22H,11-15H2;1H. The van der Waals surface area contributed by atoms with Gasteiger partial charge in [0.15, 0.2) is 0 Å². The van der Waals surface area contributed by atoms with Crippen LogP contribution < -0.4 is 12.4 Å². The second-order valence-electron chi connectivity index (χ2n) is 6.74. The van der Waals surface area contributed by atoms with Crippen molar-refractivity contribution in [3.05, 3.63) is 71.8 Å². The zero-order valence-electron chi connectivity index (χ0n) is 14.2. The Labute approximate surface area is 146 Å². The molecule has 3 saturated heterocycles. The number of halogens is 1. The van der Waals surface area contributed by atoms with Gasteiger partial charge in [0, 0.05) is 12.5 Å². The summed E-state index contributed by atoms with van der Waals surface area (Å²) in [7, 11) is 0. The first-order valence-corrected chi connectivity index (χ1v) is 8.34. The predicted molar refractivity (Wildman–Crippen MR) is 89.6 cm³/mol. The average Bonchev–Trinajstić information content (AvgIpc) is 2.63. The van der Waals surface area contributed by atoms with Gasteiger partial charge in [-0.25, -0.2) is 0 Å².